The predicted molar refractivity (Wildman–Crippen MR) is 127 cm³/mol. The molecule has 0 aliphatic heterocycles. The molecule has 1 N–H and O–H groups in total. The molecule has 192 valence electrons. The minimum absolute atomic E-state index is 0.160. The topological polar surface area (TPSA) is 76.8 Å². The monoisotopic (exact) mass is 526 g/mol. The Balaban J connectivity index is 1.23. The highest BCUT2D eigenvalue weighted by Crippen LogP contribution is 3.02. The summed E-state index contributed by atoms with van der Waals surface area (Å²) in [6.07, 6.45) is 9.85. The second-order valence-corrected chi connectivity index (χ2v) is 10.6. The van der Waals surface area contributed by atoms with E-state index in [-0.39, 0.29) is 18.1 Å². The summed E-state index contributed by atoms with van der Waals surface area (Å²) in [5.74, 6) is 0.872. The molecule has 0 aliphatic carbocycles. The summed E-state index contributed by atoms with van der Waals surface area (Å²) < 4.78 is 75.0. The first kappa shape index (κ1) is 25.4. The van der Waals surface area contributed by atoms with Crippen LogP contribution >= 0.6 is 10.2 Å². The Morgan fingerprint density at radius 3 is 2.25 bits per heavy atom. The SMILES string of the molecule is FS(F)(F)(F)(F)c1ccc(/C=C/c2nc(COc3ccc(CCCCc4cn[nH]n4)cc3)co2)cc1. The number of unbranched alkanes of at least 4 members (excludes halogenated alkanes) is 1. The van der Waals surface area contributed by atoms with Gasteiger partial charge in [-0.3, -0.25) is 0 Å². The van der Waals surface area contributed by atoms with E-state index in [1.807, 2.05) is 24.3 Å². The van der Waals surface area contributed by atoms with Gasteiger partial charge in [-0.2, -0.15) is 15.4 Å². The maximum Gasteiger partial charge on any atom is 0.310 e. The van der Waals surface area contributed by atoms with Crippen molar-refractivity contribution in [3.05, 3.63) is 89.4 Å². The van der Waals surface area contributed by atoms with Gasteiger partial charge in [-0.1, -0.05) is 43.7 Å². The molecule has 0 radical (unpaired) electrons. The number of rotatable bonds is 11. The molecular weight excluding hydrogens is 503 g/mol. The fourth-order valence-corrected chi connectivity index (χ4v) is 4.01. The lowest BCUT2D eigenvalue weighted by molar-refractivity contribution is 0.301. The maximum absolute atomic E-state index is 12.8. The molecule has 36 heavy (non-hydrogen) atoms. The molecule has 4 aromatic rings. The van der Waals surface area contributed by atoms with Crippen molar-refractivity contribution >= 4 is 22.4 Å². The minimum Gasteiger partial charge on any atom is -0.487 e. The van der Waals surface area contributed by atoms with E-state index in [0.717, 1.165) is 43.5 Å². The van der Waals surface area contributed by atoms with Crippen molar-refractivity contribution in [1.29, 1.82) is 0 Å². The van der Waals surface area contributed by atoms with Gasteiger partial charge in [0.2, 0.25) is 5.89 Å². The number of halogens is 5. The number of benzene rings is 2. The third-order valence-electron chi connectivity index (χ3n) is 5.24. The van der Waals surface area contributed by atoms with Crippen LogP contribution in [-0.2, 0) is 19.4 Å². The van der Waals surface area contributed by atoms with Gasteiger partial charge in [-0.25, -0.2) is 4.98 Å². The number of H-pyrrole nitrogens is 1. The van der Waals surface area contributed by atoms with Gasteiger partial charge in [0.25, 0.3) is 0 Å². The number of hydrogen-bond donors (Lipinski definition) is 1. The Morgan fingerprint density at radius 2 is 1.58 bits per heavy atom. The highest BCUT2D eigenvalue weighted by molar-refractivity contribution is 8.45. The van der Waals surface area contributed by atoms with E-state index >= 15 is 0 Å². The van der Waals surface area contributed by atoms with E-state index < -0.39 is 15.1 Å². The van der Waals surface area contributed by atoms with E-state index in [4.69, 9.17) is 9.15 Å². The smallest absolute Gasteiger partial charge is 0.310 e. The third kappa shape index (κ3) is 7.41. The normalized spacial score (nSPS) is 14.0. The van der Waals surface area contributed by atoms with Gasteiger partial charge in [-0.15, -0.1) is 0 Å². The van der Waals surface area contributed by atoms with Crippen LogP contribution in [0.2, 0.25) is 0 Å². The summed E-state index contributed by atoms with van der Waals surface area (Å²) in [7, 11) is -9.68. The minimum atomic E-state index is -9.68. The maximum atomic E-state index is 12.8. The van der Waals surface area contributed by atoms with Crippen LogP contribution in [-0.4, -0.2) is 20.4 Å². The first-order valence-electron chi connectivity index (χ1n) is 11.0. The first-order chi connectivity index (χ1) is 16.9. The van der Waals surface area contributed by atoms with Crippen LogP contribution in [0.5, 0.6) is 5.75 Å². The van der Waals surface area contributed by atoms with Crippen LogP contribution in [0.15, 0.2) is 70.3 Å². The first-order valence-corrected chi connectivity index (χ1v) is 12.9. The summed E-state index contributed by atoms with van der Waals surface area (Å²) in [6.45, 7) is 0.160. The molecule has 4 rings (SSSR count). The summed E-state index contributed by atoms with van der Waals surface area (Å²) in [4.78, 5) is 2.29. The Kier molecular flexibility index (Phi) is 6.65. The molecule has 2 heterocycles. The van der Waals surface area contributed by atoms with E-state index in [2.05, 4.69) is 20.4 Å². The fourth-order valence-electron chi connectivity index (χ4n) is 3.36. The lowest BCUT2D eigenvalue weighted by Crippen LogP contribution is -2.05. The molecule has 2 aromatic heterocycles. The van der Waals surface area contributed by atoms with Crippen molar-refractivity contribution in [3.63, 3.8) is 0 Å². The van der Waals surface area contributed by atoms with Gasteiger partial charge in [0, 0.05) is 6.08 Å². The molecule has 12 heteroatoms. The Labute approximate surface area is 203 Å². The number of nitrogens with one attached hydrogen (secondary N) is 1. The Bertz CT molecular complexity index is 1310. The fraction of sp³-hybridized carbons (Fsp3) is 0.208. The number of aryl methyl sites for hydroxylation is 2. The zero-order chi connectivity index (χ0) is 25.7. The third-order valence-corrected chi connectivity index (χ3v) is 6.40. The second kappa shape index (κ2) is 9.41. The van der Waals surface area contributed by atoms with Crippen molar-refractivity contribution in [2.24, 2.45) is 0 Å². The summed E-state index contributed by atoms with van der Waals surface area (Å²) in [5, 5.41) is 10.4. The molecule has 0 amide bonds. The van der Waals surface area contributed by atoms with Gasteiger partial charge >= 0.3 is 10.2 Å². The van der Waals surface area contributed by atoms with Gasteiger partial charge in [0.1, 0.15) is 29.2 Å². The second-order valence-electron chi connectivity index (χ2n) is 8.15. The summed E-state index contributed by atoms with van der Waals surface area (Å²) in [5.41, 5.74) is 2.96. The lowest BCUT2D eigenvalue weighted by Gasteiger charge is -2.40. The molecule has 0 fully saturated rings. The average Bonchev–Trinajstić information content (AvgIpc) is 3.51. The van der Waals surface area contributed by atoms with Crippen LogP contribution in [0, 0.1) is 0 Å². The number of hydrogen-bond acceptors (Lipinski definition) is 5. The quantitative estimate of drug-likeness (QED) is 0.160. The molecule has 0 saturated heterocycles. The Morgan fingerprint density at radius 1 is 0.861 bits per heavy atom. The zero-order valence-corrected chi connectivity index (χ0v) is 19.7. The van der Waals surface area contributed by atoms with Crippen LogP contribution in [0.1, 0.15) is 41.2 Å². The van der Waals surface area contributed by atoms with Gasteiger partial charge in [0.05, 0.1) is 11.9 Å². The lowest BCUT2D eigenvalue weighted by atomic mass is 10.1. The molecule has 6 nitrogen and oxygen atoms in total. The number of aromatic nitrogens is 4. The highest BCUT2D eigenvalue weighted by Gasteiger charge is 2.65. The Hall–Kier alpha value is -3.67. The largest absolute Gasteiger partial charge is 0.487 e. The van der Waals surface area contributed by atoms with Crippen molar-refractivity contribution < 1.29 is 28.6 Å². The number of oxazole rings is 1. The summed E-state index contributed by atoms with van der Waals surface area (Å²) >= 11 is 0. The van der Waals surface area contributed by atoms with Crippen molar-refractivity contribution in [2.45, 2.75) is 37.2 Å². The van der Waals surface area contributed by atoms with Crippen LogP contribution in [0.3, 0.4) is 0 Å². The molecule has 0 aliphatic rings. The van der Waals surface area contributed by atoms with Crippen molar-refractivity contribution in [2.75, 3.05) is 0 Å². The molecule has 0 bridgehead atoms. The summed E-state index contributed by atoms with van der Waals surface area (Å²) in [6, 6.07) is 10.4. The molecule has 2 aromatic carbocycles. The van der Waals surface area contributed by atoms with Gasteiger partial charge in [0.15, 0.2) is 0 Å². The zero-order valence-electron chi connectivity index (χ0n) is 18.9. The number of aromatic amines is 1. The van der Waals surface area contributed by atoms with Gasteiger partial charge < -0.3 is 9.15 Å². The van der Waals surface area contributed by atoms with Crippen molar-refractivity contribution in [3.8, 4) is 5.75 Å². The molecular formula is C24H23F5N4O2S. The van der Waals surface area contributed by atoms with E-state index in [1.54, 1.807) is 6.20 Å². The molecule has 0 unspecified atom stereocenters. The molecule has 0 spiro atoms. The predicted octanol–water partition coefficient (Wildman–Crippen LogP) is 7.76. The van der Waals surface area contributed by atoms with Crippen molar-refractivity contribution in [1.82, 2.24) is 20.4 Å². The van der Waals surface area contributed by atoms with E-state index in [0.29, 0.717) is 23.6 Å². The van der Waals surface area contributed by atoms with E-state index in [1.165, 1.54) is 24.0 Å². The number of nitrogens with zero attached hydrogens (tertiary/aromatic N) is 3. The van der Waals surface area contributed by atoms with Gasteiger partial charge in [-0.05, 0) is 67.2 Å². The molecule has 0 saturated carbocycles. The average molecular weight is 527 g/mol. The van der Waals surface area contributed by atoms with Crippen LogP contribution in [0.25, 0.3) is 12.2 Å². The van der Waals surface area contributed by atoms with E-state index in [9.17, 15) is 19.4 Å². The highest BCUT2D eigenvalue weighted by atomic mass is 32.5. The van der Waals surface area contributed by atoms with Crippen LogP contribution in [0.4, 0.5) is 19.4 Å². The van der Waals surface area contributed by atoms with Crippen LogP contribution < -0.4 is 4.74 Å². The molecule has 0 atom stereocenters. The number of ether oxygens (including phenoxy) is 1. The standard InChI is InChI=1S/C24H23F5N4O2S/c25-36(26,27,28,29)23-12-7-19(8-13-23)9-14-24-31-21(17-35-24)16-34-22-10-5-18(6-11-22)3-1-2-4-20-15-30-33-32-20/h5-15,17H,1-4,16H2,(H,30,32,33)/b14-9+.